The van der Waals surface area contributed by atoms with Crippen molar-refractivity contribution in [3.8, 4) is 6.07 Å². The van der Waals surface area contributed by atoms with Crippen LogP contribution < -0.4 is 0 Å². The Hall–Kier alpha value is -1.33. The molecule has 0 heterocycles. The van der Waals surface area contributed by atoms with Gasteiger partial charge in [0.1, 0.15) is 0 Å². The Morgan fingerprint density at radius 3 is 2.92 bits per heavy atom. The highest BCUT2D eigenvalue weighted by Crippen LogP contribution is 2.18. The number of aryl methyl sites for hydroxylation is 1. The van der Waals surface area contributed by atoms with Crippen molar-refractivity contribution in [1.29, 1.82) is 5.26 Å². The second kappa shape index (κ2) is 4.06. The van der Waals surface area contributed by atoms with Crippen molar-refractivity contribution in [2.45, 2.75) is 13.3 Å². The summed E-state index contributed by atoms with van der Waals surface area (Å²) >= 11 is 5.80. The van der Waals surface area contributed by atoms with Gasteiger partial charge in [-0.15, -0.1) is 0 Å². The van der Waals surface area contributed by atoms with Crippen LogP contribution in [-0.4, -0.2) is 5.78 Å². The Morgan fingerprint density at radius 2 is 2.31 bits per heavy atom. The van der Waals surface area contributed by atoms with Gasteiger partial charge in [-0.3, -0.25) is 4.79 Å². The summed E-state index contributed by atoms with van der Waals surface area (Å²) in [4.78, 5) is 11.3. The van der Waals surface area contributed by atoms with Crippen LogP contribution in [0.25, 0.3) is 0 Å². The largest absolute Gasteiger partial charge is 0.293 e. The minimum absolute atomic E-state index is 0.122. The summed E-state index contributed by atoms with van der Waals surface area (Å²) in [7, 11) is 0. The number of ketones is 1. The molecule has 66 valence electrons. The van der Waals surface area contributed by atoms with Crippen LogP contribution in [-0.2, 0) is 0 Å². The molecule has 0 fully saturated rings. The van der Waals surface area contributed by atoms with Crippen LogP contribution in [0.4, 0.5) is 0 Å². The monoisotopic (exact) mass is 193 g/mol. The number of nitrogens with zero attached hydrogens (tertiary/aromatic N) is 1. The maximum atomic E-state index is 11.3. The van der Waals surface area contributed by atoms with Crippen molar-refractivity contribution in [3.05, 3.63) is 34.3 Å². The van der Waals surface area contributed by atoms with E-state index in [2.05, 4.69) is 0 Å². The lowest BCUT2D eigenvalue weighted by molar-refractivity contribution is 0.0998. The van der Waals surface area contributed by atoms with Gasteiger partial charge in [-0.2, -0.15) is 5.26 Å². The number of rotatable bonds is 2. The predicted molar refractivity (Wildman–Crippen MR) is 50.7 cm³/mol. The van der Waals surface area contributed by atoms with Crippen LogP contribution in [0.15, 0.2) is 18.2 Å². The van der Waals surface area contributed by atoms with Crippen LogP contribution in [0.2, 0.25) is 5.02 Å². The molecule has 1 aromatic carbocycles. The molecule has 0 saturated carbocycles. The molecular formula is C10H8ClNO. The van der Waals surface area contributed by atoms with Gasteiger partial charge in [0, 0.05) is 5.56 Å². The van der Waals surface area contributed by atoms with Crippen LogP contribution in [0, 0.1) is 18.3 Å². The van der Waals surface area contributed by atoms with E-state index in [0.29, 0.717) is 10.6 Å². The molecular weight excluding hydrogens is 186 g/mol. The molecule has 0 aliphatic carbocycles. The van der Waals surface area contributed by atoms with Crippen molar-refractivity contribution in [2.75, 3.05) is 0 Å². The van der Waals surface area contributed by atoms with E-state index in [0.717, 1.165) is 5.56 Å². The number of nitriles is 1. The Bertz CT molecular complexity index is 379. The molecule has 0 aromatic heterocycles. The first kappa shape index (κ1) is 9.76. The third-order valence-corrected chi connectivity index (χ3v) is 1.99. The average molecular weight is 194 g/mol. The molecule has 2 nitrogen and oxygen atoms in total. The lowest BCUT2D eigenvalue weighted by atomic mass is 10.1. The summed E-state index contributed by atoms with van der Waals surface area (Å²) in [5.41, 5.74) is 1.40. The Balaban J connectivity index is 3.07. The maximum Gasteiger partial charge on any atom is 0.178 e. The standard InChI is InChI=1S/C10H8ClNO/c1-7-2-3-9(11)8(6-7)10(13)4-5-12/h2-3,6H,4H2,1H3. The molecule has 0 saturated heterocycles. The highest BCUT2D eigenvalue weighted by atomic mass is 35.5. The smallest absolute Gasteiger partial charge is 0.178 e. The van der Waals surface area contributed by atoms with Gasteiger partial charge in [0.25, 0.3) is 0 Å². The van der Waals surface area contributed by atoms with E-state index < -0.39 is 0 Å². The fraction of sp³-hybridized carbons (Fsp3) is 0.200. The highest BCUT2D eigenvalue weighted by molar-refractivity contribution is 6.34. The lowest BCUT2D eigenvalue weighted by Crippen LogP contribution is -1.98. The summed E-state index contributed by atoms with van der Waals surface area (Å²) in [6.45, 7) is 1.87. The van der Waals surface area contributed by atoms with E-state index in [1.165, 1.54) is 0 Å². The molecule has 0 unspecified atom stereocenters. The van der Waals surface area contributed by atoms with Gasteiger partial charge in [-0.1, -0.05) is 23.2 Å². The molecule has 1 rings (SSSR count). The fourth-order valence-corrected chi connectivity index (χ4v) is 1.24. The van der Waals surface area contributed by atoms with E-state index in [-0.39, 0.29) is 12.2 Å². The van der Waals surface area contributed by atoms with Crippen LogP contribution in [0.3, 0.4) is 0 Å². The zero-order chi connectivity index (χ0) is 9.84. The number of carbonyl (C=O) groups excluding carboxylic acids is 1. The summed E-state index contributed by atoms with van der Waals surface area (Å²) in [6.07, 6.45) is -0.122. The molecule has 3 heteroatoms. The summed E-state index contributed by atoms with van der Waals surface area (Å²) in [5.74, 6) is -0.226. The summed E-state index contributed by atoms with van der Waals surface area (Å²) in [6, 6.07) is 6.99. The third-order valence-electron chi connectivity index (χ3n) is 1.66. The van der Waals surface area contributed by atoms with Gasteiger partial charge in [0.15, 0.2) is 5.78 Å². The summed E-state index contributed by atoms with van der Waals surface area (Å²) < 4.78 is 0. The minimum atomic E-state index is -0.226. The van der Waals surface area contributed by atoms with Gasteiger partial charge < -0.3 is 0 Å². The number of Topliss-reactive ketones (excluding diaryl/α,β-unsaturated/α-hetero) is 1. The first-order valence-corrected chi connectivity index (χ1v) is 4.19. The zero-order valence-corrected chi connectivity index (χ0v) is 7.93. The quantitative estimate of drug-likeness (QED) is 0.678. The maximum absolute atomic E-state index is 11.3. The van der Waals surface area contributed by atoms with Crippen LogP contribution >= 0.6 is 11.6 Å². The van der Waals surface area contributed by atoms with Crippen LogP contribution in [0.1, 0.15) is 22.3 Å². The molecule has 13 heavy (non-hydrogen) atoms. The number of benzene rings is 1. The van der Waals surface area contributed by atoms with Crippen molar-refractivity contribution < 1.29 is 4.79 Å². The van der Waals surface area contributed by atoms with Crippen molar-refractivity contribution in [3.63, 3.8) is 0 Å². The minimum Gasteiger partial charge on any atom is -0.293 e. The number of hydrogen-bond donors (Lipinski definition) is 0. The van der Waals surface area contributed by atoms with E-state index >= 15 is 0 Å². The fourth-order valence-electron chi connectivity index (χ4n) is 1.02. The van der Waals surface area contributed by atoms with E-state index in [1.54, 1.807) is 18.2 Å². The van der Waals surface area contributed by atoms with Crippen LogP contribution in [0.5, 0.6) is 0 Å². The molecule has 0 bridgehead atoms. The number of carbonyl (C=O) groups is 1. The molecule has 0 aliphatic heterocycles. The third kappa shape index (κ3) is 2.30. The molecule has 0 aliphatic rings. The Morgan fingerprint density at radius 1 is 1.62 bits per heavy atom. The van der Waals surface area contributed by atoms with E-state index in [1.807, 2.05) is 13.0 Å². The van der Waals surface area contributed by atoms with Gasteiger partial charge in [-0.05, 0) is 19.1 Å². The molecule has 0 spiro atoms. The van der Waals surface area contributed by atoms with Gasteiger partial charge in [-0.25, -0.2) is 0 Å². The second-order valence-corrected chi connectivity index (χ2v) is 3.15. The topological polar surface area (TPSA) is 40.9 Å². The first-order chi connectivity index (χ1) is 6.15. The molecule has 0 atom stereocenters. The summed E-state index contributed by atoms with van der Waals surface area (Å²) in [5, 5.41) is 8.75. The van der Waals surface area contributed by atoms with E-state index in [4.69, 9.17) is 16.9 Å². The van der Waals surface area contributed by atoms with Crippen molar-refractivity contribution in [2.24, 2.45) is 0 Å². The molecule has 0 amide bonds. The van der Waals surface area contributed by atoms with Crippen molar-refractivity contribution >= 4 is 17.4 Å². The van der Waals surface area contributed by atoms with Gasteiger partial charge in [0.2, 0.25) is 0 Å². The van der Waals surface area contributed by atoms with Crippen molar-refractivity contribution in [1.82, 2.24) is 0 Å². The normalized spacial score (nSPS) is 9.31. The highest BCUT2D eigenvalue weighted by Gasteiger charge is 2.09. The molecule has 0 N–H and O–H groups in total. The molecule has 0 radical (unpaired) electrons. The Labute approximate surface area is 81.7 Å². The number of halogens is 1. The van der Waals surface area contributed by atoms with Gasteiger partial charge >= 0.3 is 0 Å². The molecule has 1 aromatic rings. The lowest BCUT2D eigenvalue weighted by Gasteiger charge is -2.01. The SMILES string of the molecule is Cc1ccc(Cl)c(C(=O)CC#N)c1. The predicted octanol–water partition coefficient (Wildman–Crippen LogP) is 2.74. The van der Waals surface area contributed by atoms with Gasteiger partial charge in [0.05, 0.1) is 17.5 Å². The average Bonchev–Trinajstić information content (AvgIpc) is 2.09. The first-order valence-electron chi connectivity index (χ1n) is 3.81. The second-order valence-electron chi connectivity index (χ2n) is 2.74. The zero-order valence-electron chi connectivity index (χ0n) is 7.17. The van der Waals surface area contributed by atoms with E-state index in [9.17, 15) is 4.79 Å². The Kier molecular flexibility index (Phi) is 3.05. The number of hydrogen-bond acceptors (Lipinski definition) is 2.